The van der Waals surface area contributed by atoms with Gasteiger partial charge in [0, 0.05) is 18.7 Å². The monoisotopic (exact) mass is 295 g/mol. The van der Waals surface area contributed by atoms with Gasteiger partial charge in [0.05, 0.1) is 22.9 Å². The summed E-state index contributed by atoms with van der Waals surface area (Å²) in [6, 6.07) is 4.70. The Balaban J connectivity index is 2.32. The third kappa shape index (κ3) is 3.23. The van der Waals surface area contributed by atoms with Crippen LogP contribution in [0.5, 0.6) is 0 Å². The third-order valence-corrected chi connectivity index (χ3v) is 3.25. The fourth-order valence-electron chi connectivity index (χ4n) is 1.85. The maximum atomic E-state index is 13.0. The summed E-state index contributed by atoms with van der Waals surface area (Å²) in [6.45, 7) is 2.71. The predicted molar refractivity (Wildman–Crippen MR) is 70.4 cm³/mol. The summed E-state index contributed by atoms with van der Waals surface area (Å²) in [6.07, 6.45) is -4.64. The summed E-state index contributed by atoms with van der Waals surface area (Å²) in [5.74, 6) is -0.568. The molecule has 4 nitrogen and oxygen atoms in total. The molecule has 0 atom stereocenters. The van der Waals surface area contributed by atoms with Crippen LogP contribution in [0.4, 0.5) is 18.9 Å². The van der Waals surface area contributed by atoms with Crippen LogP contribution in [0, 0.1) is 11.3 Å². The van der Waals surface area contributed by atoms with Crippen molar-refractivity contribution in [1.82, 2.24) is 5.32 Å². The topological polar surface area (TPSA) is 64.9 Å². The Morgan fingerprint density at radius 3 is 2.52 bits per heavy atom. The molecular weight excluding hydrogens is 283 g/mol. The van der Waals surface area contributed by atoms with Gasteiger partial charge in [-0.3, -0.25) is 4.79 Å². The Morgan fingerprint density at radius 1 is 1.38 bits per heavy atom. The first-order valence-corrected chi connectivity index (χ1v) is 6.15. The lowest BCUT2D eigenvalue weighted by Crippen LogP contribution is -2.36. The summed E-state index contributed by atoms with van der Waals surface area (Å²) < 4.78 is 38.9. The largest absolute Gasteiger partial charge is 0.418 e. The van der Waals surface area contributed by atoms with Gasteiger partial charge >= 0.3 is 6.18 Å². The lowest BCUT2D eigenvalue weighted by atomic mass is 10.0. The fourth-order valence-corrected chi connectivity index (χ4v) is 1.85. The normalized spacial score (nSPS) is 14.1. The fraction of sp³-hybridized carbons (Fsp3) is 0.286. The van der Waals surface area contributed by atoms with Crippen LogP contribution in [-0.4, -0.2) is 19.0 Å². The van der Waals surface area contributed by atoms with E-state index in [1.807, 2.05) is 0 Å². The van der Waals surface area contributed by atoms with Crippen molar-refractivity contribution >= 4 is 11.6 Å². The van der Waals surface area contributed by atoms with E-state index in [4.69, 9.17) is 5.26 Å². The molecule has 1 aromatic rings. The quantitative estimate of drug-likeness (QED) is 0.824. The van der Waals surface area contributed by atoms with Gasteiger partial charge in [-0.25, -0.2) is 0 Å². The van der Waals surface area contributed by atoms with E-state index in [0.717, 1.165) is 17.7 Å². The third-order valence-electron chi connectivity index (χ3n) is 3.25. The zero-order chi connectivity index (χ0) is 15.6. The summed E-state index contributed by atoms with van der Waals surface area (Å²) in [5.41, 5.74) is -0.210. The van der Waals surface area contributed by atoms with E-state index in [2.05, 4.69) is 10.6 Å². The molecule has 1 fully saturated rings. The van der Waals surface area contributed by atoms with Crippen LogP contribution < -0.4 is 10.6 Å². The number of anilines is 1. The summed E-state index contributed by atoms with van der Waals surface area (Å²) in [5, 5.41) is 13.9. The smallest absolute Gasteiger partial charge is 0.322 e. The maximum absolute atomic E-state index is 13.0. The lowest BCUT2D eigenvalue weighted by Gasteiger charge is -2.22. The minimum Gasteiger partial charge on any atom is -0.322 e. The average molecular weight is 295 g/mol. The van der Waals surface area contributed by atoms with Gasteiger partial charge in [-0.05, 0) is 30.7 Å². The number of amides is 1. The average Bonchev–Trinajstić information content (AvgIpc) is 2.35. The van der Waals surface area contributed by atoms with Gasteiger partial charge in [0.1, 0.15) is 0 Å². The Hall–Kier alpha value is -2.33. The molecule has 0 aromatic heterocycles. The van der Waals surface area contributed by atoms with E-state index in [9.17, 15) is 18.0 Å². The lowest BCUT2D eigenvalue weighted by molar-refractivity contribution is -0.137. The van der Waals surface area contributed by atoms with Gasteiger partial charge in [-0.1, -0.05) is 0 Å². The second-order valence-electron chi connectivity index (χ2n) is 4.66. The highest BCUT2D eigenvalue weighted by molar-refractivity contribution is 6.04. The van der Waals surface area contributed by atoms with Crippen molar-refractivity contribution in [3.8, 4) is 6.07 Å². The van der Waals surface area contributed by atoms with Gasteiger partial charge in [0.25, 0.3) is 5.91 Å². The summed E-state index contributed by atoms with van der Waals surface area (Å²) in [7, 11) is 0. The molecule has 1 amide bonds. The molecule has 2 rings (SSSR count). The first-order valence-electron chi connectivity index (χ1n) is 6.15. The number of carbonyl (C=O) groups is 1. The SMILES string of the molecule is CC(C(=O)Nc1ccc(C#N)cc1C(F)(F)F)=C1CNC1. The second kappa shape index (κ2) is 5.58. The standard InChI is InChI=1S/C14H12F3N3O/c1-8(10-6-19-7-10)13(21)20-12-3-2-9(5-18)4-11(12)14(15,16)17/h2-4,19H,6-7H2,1H3,(H,20,21). The summed E-state index contributed by atoms with van der Waals surface area (Å²) >= 11 is 0. The minimum absolute atomic E-state index is 0.112. The molecule has 0 unspecified atom stereocenters. The molecule has 1 saturated heterocycles. The molecule has 0 bridgehead atoms. The van der Waals surface area contributed by atoms with Crippen LogP contribution in [0.2, 0.25) is 0 Å². The van der Waals surface area contributed by atoms with Crippen molar-refractivity contribution in [3.05, 3.63) is 40.5 Å². The van der Waals surface area contributed by atoms with Crippen LogP contribution in [0.3, 0.4) is 0 Å². The number of nitrogens with one attached hydrogen (secondary N) is 2. The molecule has 1 heterocycles. The summed E-state index contributed by atoms with van der Waals surface area (Å²) in [4.78, 5) is 12.0. The van der Waals surface area contributed by atoms with Crippen molar-refractivity contribution in [2.24, 2.45) is 0 Å². The zero-order valence-electron chi connectivity index (χ0n) is 11.1. The van der Waals surface area contributed by atoms with Crippen LogP contribution >= 0.6 is 0 Å². The number of hydrogen-bond donors (Lipinski definition) is 2. The zero-order valence-corrected chi connectivity index (χ0v) is 11.1. The van der Waals surface area contributed by atoms with Crippen molar-refractivity contribution < 1.29 is 18.0 Å². The highest BCUT2D eigenvalue weighted by Gasteiger charge is 2.34. The molecule has 1 aliphatic heterocycles. The van der Waals surface area contributed by atoms with Crippen LogP contribution in [0.1, 0.15) is 18.1 Å². The number of carbonyl (C=O) groups excluding carboxylic acids is 1. The minimum atomic E-state index is -4.64. The molecule has 2 N–H and O–H groups in total. The number of alkyl halides is 3. The van der Waals surface area contributed by atoms with E-state index in [1.165, 1.54) is 6.07 Å². The Bertz CT molecular complexity index is 650. The highest BCUT2D eigenvalue weighted by Crippen LogP contribution is 2.35. The molecule has 21 heavy (non-hydrogen) atoms. The van der Waals surface area contributed by atoms with Crippen LogP contribution in [0.15, 0.2) is 29.3 Å². The second-order valence-corrected chi connectivity index (χ2v) is 4.66. The van der Waals surface area contributed by atoms with E-state index in [1.54, 1.807) is 13.0 Å². The molecular formula is C14H12F3N3O. The number of benzene rings is 1. The molecule has 7 heteroatoms. The van der Waals surface area contributed by atoms with E-state index >= 15 is 0 Å². The first kappa shape index (κ1) is 15.1. The number of hydrogen-bond acceptors (Lipinski definition) is 3. The van der Waals surface area contributed by atoms with E-state index < -0.39 is 17.6 Å². The van der Waals surface area contributed by atoms with Crippen molar-refractivity contribution in [2.75, 3.05) is 18.4 Å². The highest BCUT2D eigenvalue weighted by atomic mass is 19.4. The van der Waals surface area contributed by atoms with E-state index in [-0.39, 0.29) is 11.3 Å². The molecule has 0 radical (unpaired) electrons. The Morgan fingerprint density at radius 2 is 2.05 bits per heavy atom. The molecule has 1 aliphatic rings. The van der Waals surface area contributed by atoms with Crippen molar-refractivity contribution in [1.29, 1.82) is 5.26 Å². The molecule has 0 aliphatic carbocycles. The van der Waals surface area contributed by atoms with Gasteiger partial charge in [0.15, 0.2) is 0 Å². The van der Waals surface area contributed by atoms with Crippen LogP contribution in [-0.2, 0) is 11.0 Å². The number of halogens is 3. The maximum Gasteiger partial charge on any atom is 0.418 e. The van der Waals surface area contributed by atoms with Crippen LogP contribution in [0.25, 0.3) is 0 Å². The molecule has 0 saturated carbocycles. The molecule has 110 valence electrons. The van der Waals surface area contributed by atoms with Gasteiger partial charge in [-0.2, -0.15) is 18.4 Å². The molecule has 1 aromatic carbocycles. The number of rotatable bonds is 2. The van der Waals surface area contributed by atoms with Gasteiger partial charge < -0.3 is 10.6 Å². The number of nitriles is 1. The van der Waals surface area contributed by atoms with Crippen molar-refractivity contribution in [3.63, 3.8) is 0 Å². The predicted octanol–water partition coefficient (Wildman–Crippen LogP) is 2.44. The van der Waals surface area contributed by atoms with Gasteiger partial charge in [0.2, 0.25) is 0 Å². The molecule has 0 spiro atoms. The Kier molecular flexibility index (Phi) is 4.00. The first-order chi connectivity index (χ1) is 9.82. The Labute approximate surface area is 119 Å². The number of nitrogens with zero attached hydrogens (tertiary/aromatic N) is 1. The van der Waals surface area contributed by atoms with Crippen molar-refractivity contribution in [2.45, 2.75) is 13.1 Å². The van der Waals surface area contributed by atoms with Gasteiger partial charge in [-0.15, -0.1) is 0 Å². The van der Waals surface area contributed by atoms with E-state index in [0.29, 0.717) is 18.7 Å².